The van der Waals surface area contributed by atoms with Crippen LogP contribution >= 0.6 is 0 Å². The number of hydrogen-bond acceptors (Lipinski definition) is 6. The summed E-state index contributed by atoms with van der Waals surface area (Å²) in [4.78, 5) is 51.1. The number of fused-ring (bicyclic) bond motifs is 3. The summed E-state index contributed by atoms with van der Waals surface area (Å²) in [5.74, 6) is -2.82. The zero-order valence-electron chi connectivity index (χ0n) is 17.1. The van der Waals surface area contributed by atoms with Crippen LogP contribution in [0.4, 0.5) is 0 Å². The van der Waals surface area contributed by atoms with E-state index in [-0.39, 0.29) is 35.6 Å². The number of benzene rings is 1. The molecule has 1 aliphatic heterocycles. The van der Waals surface area contributed by atoms with Gasteiger partial charge in [-0.3, -0.25) is 24.5 Å². The Morgan fingerprint density at radius 1 is 1.10 bits per heavy atom. The van der Waals surface area contributed by atoms with Gasteiger partial charge in [-0.2, -0.15) is 0 Å². The maximum atomic E-state index is 13.1. The average molecular weight is 419 g/mol. The zero-order valence-corrected chi connectivity index (χ0v) is 17.1. The predicted octanol–water partition coefficient (Wildman–Crippen LogP) is 2.12. The van der Waals surface area contributed by atoms with Crippen molar-refractivity contribution in [1.29, 1.82) is 0 Å². The van der Waals surface area contributed by atoms with Crippen LogP contribution in [0.5, 0.6) is 11.5 Å². The predicted molar refractivity (Wildman–Crippen MR) is 109 cm³/mol. The number of imide groups is 1. The lowest BCUT2D eigenvalue weighted by Crippen LogP contribution is -2.39. The molecule has 2 N–H and O–H groups in total. The van der Waals surface area contributed by atoms with Gasteiger partial charge in [0.25, 0.3) is 0 Å². The number of allylic oxidation sites excluding steroid dienone is 6. The van der Waals surface area contributed by atoms with Crippen molar-refractivity contribution in [3.05, 3.63) is 58.2 Å². The molecule has 4 aliphatic rings. The molecule has 31 heavy (non-hydrogen) atoms. The van der Waals surface area contributed by atoms with Gasteiger partial charge in [-0.05, 0) is 50.0 Å². The Balaban J connectivity index is 1.75. The second kappa shape index (κ2) is 6.77. The number of aromatic hydroxyl groups is 1. The van der Waals surface area contributed by atoms with E-state index in [4.69, 9.17) is 4.74 Å². The standard InChI is InChI=1S/C24H21NO6/c1-10-7-18(27)21-16(22(10)28)9-14-12(4-5-13-20(14)24(30)25-23(13)29)19(21)15-8-11(31-2)3-6-17(15)26/h3-4,6-8,13-14,19-20,26H,5,9H2,1-2H3,(H,25,29,30). The van der Waals surface area contributed by atoms with E-state index in [1.165, 1.54) is 19.3 Å². The van der Waals surface area contributed by atoms with Crippen molar-refractivity contribution in [2.45, 2.75) is 25.7 Å². The second-order valence-corrected chi connectivity index (χ2v) is 8.51. The zero-order chi connectivity index (χ0) is 22.0. The molecule has 5 rings (SSSR count). The van der Waals surface area contributed by atoms with Crippen molar-refractivity contribution in [2.24, 2.45) is 17.8 Å². The maximum absolute atomic E-state index is 13.1. The summed E-state index contributed by atoms with van der Waals surface area (Å²) in [6.07, 6.45) is 3.83. The van der Waals surface area contributed by atoms with Gasteiger partial charge in [-0.1, -0.05) is 11.6 Å². The molecule has 1 fully saturated rings. The largest absolute Gasteiger partial charge is 0.508 e. The van der Waals surface area contributed by atoms with E-state index in [2.05, 4.69) is 5.32 Å². The van der Waals surface area contributed by atoms with Crippen LogP contribution in [0.2, 0.25) is 0 Å². The minimum atomic E-state index is -0.686. The van der Waals surface area contributed by atoms with Crippen molar-refractivity contribution in [3.8, 4) is 11.5 Å². The van der Waals surface area contributed by atoms with Gasteiger partial charge >= 0.3 is 0 Å². The Morgan fingerprint density at radius 3 is 2.61 bits per heavy atom. The molecule has 0 bridgehead atoms. The number of rotatable bonds is 2. The Kier molecular flexibility index (Phi) is 4.25. The SMILES string of the molecule is COc1ccc(O)c(C2C3=CCC4C(=O)NC(=O)C4C3CC3=C2C(=O)C=C(C)C3=O)c1. The molecule has 1 aromatic carbocycles. The van der Waals surface area contributed by atoms with Crippen LogP contribution in [-0.2, 0) is 19.2 Å². The third-order valence-electron chi connectivity index (χ3n) is 6.95. The fraction of sp³-hybridized carbons (Fsp3) is 0.333. The number of methoxy groups -OCH3 is 1. The highest BCUT2D eigenvalue weighted by Crippen LogP contribution is 2.55. The number of phenols is 1. The Labute approximate surface area is 178 Å². The van der Waals surface area contributed by atoms with Crippen molar-refractivity contribution in [3.63, 3.8) is 0 Å². The summed E-state index contributed by atoms with van der Waals surface area (Å²) in [7, 11) is 1.50. The highest BCUT2D eigenvalue weighted by molar-refractivity contribution is 6.23. The number of Topliss-reactive ketones (excluding diaryl/α,β-unsaturated/α-hetero) is 1. The quantitative estimate of drug-likeness (QED) is 0.432. The molecule has 0 saturated carbocycles. The van der Waals surface area contributed by atoms with Crippen LogP contribution in [0.15, 0.2) is 52.6 Å². The molecule has 0 aromatic heterocycles. The number of hydrogen-bond donors (Lipinski definition) is 2. The summed E-state index contributed by atoms with van der Waals surface area (Å²) >= 11 is 0. The molecule has 7 nitrogen and oxygen atoms in total. The Hall–Kier alpha value is -3.48. The van der Waals surface area contributed by atoms with E-state index < -0.39 is 23.7 Å². The lowest BCUT2D eigenvalue weighted by molar-refractivity contribution is -0.126. The molecular formula is C24H21NO6. The fourth-order valence-electron chi connectivity index (χ4n) is 5.54. The van der Waals surface area contributed by atoms with E-state index in [0.717, 1.165) is 5.57 Å². The Bertz CT molecular complexity index is 1170. The number of carbonyl (C=O) groups excluding carboxylic acids is 4. The molecule has 1 saturated heterocycles. The van der Waals surface area contributed by atoms with Gasteiger partial charge in [0, 0.05) is 28.2 Å². The first-order valence-electron chi connectivity index (χ1n) is 10.2. The van der Waals surface area contributed by atoms with Gasteiger partial charge in [-0.15, -0.1) is 0 Å². The molecular weight excluding hydrogens is 398 g/mol. The third kappa shape index (κ3) is 2.72. The van der Waals surface area contributed by atoms with Gasteiger partial charge in [0.15, 0.2) is 11.6 Å². The van der Waals surface area contributed by atoms with E-state index >= 15 is 0 Å². The van der Waals surface area contributed by atoms with E-state index in [0.29, 0.717) is 34.5 Å². The number of ether oxygens (including phenoxy) is 1. The van der Waals surface area contributed by atoms with E-state index in [1.807, 2.05) is 6.08 Å². The van der Waals surface area contributed by atoms with Crippen LogP contribution in [0.3, 0.4) is 0 Å². The number of nitrogens with one attached hydrogen (secondary N) is 1. The molecule has 4 unspecified atom stereocenters. The lowest BCUT2D eigenvalue weighted by Gasteiger charge is -2.42. The van der Waals surface area contributed by atoms with E-state index in [1.54, 1.807) is 19.1 Å². The number of phenolic OH excluding ortho intramolecular Hbond substituents is 1. The van der Waals surface area contributed by atoms with Crippen LogP contribution in [-0.4, -0.2) is 35.6 Å². The maximum Gasteiger partial charge on any atom is 0.231 e. The normalized spacial score (nSPS) is 29.6. The highest BCUT2D eigenvalue weighted by atomic mass is 16.5. The number of amides is 2. The minimum Gasteiger partial charge on any atom is -0.508 e. The average Bonchev–Trinajstić information content (AvgIpc) is 3.05. The van der Waals surface area contributed by atoms with Crippen LogP contribution in [0.25, 0.3) is 0 Å². The molecule has 7 heteroatoms. The summed E-state index contributed by atoms with van der Waals surface area (Å²) in [5.41, 5.74) is 2.30. The third-order valence-corrected chi connectivity index (χ3v) is 6.95. The molecule has 3 aliphatic carbocycles. The molecule has 4 atom stereocenters. The molecule has 1 heterocycles. The fourth-order valence-corrected chi connectivity index (χ4v) is 5.54. The van der Waals surface area contributed by atoms with Crippen LogP contribution in [0, 0.1) is 17.8 Å². The van der Waals surface area contributed by atoms with Crippen molar-refractivity contribution < 1.29 is 29.0 Å². The second-order valence-electron chi connectivity index (χ2n) is 8.51. The van der Waals surface area contributed by atoms with Crippen molar-refractivity contribution in [1.82, 2.24) is 5.32 Å². The van der Waals surface area contributed by atoms with Gasteiger partial charge in [0.1, 0.15) is 11.5 Å². The van der Waals surface area contributed by atoms with Gasteiger partial charge in [0.05, 0.1) is 18.9 Å². The molecule has 0 radical (unpaired) electrons. The first-order valence-corrected chi connectivity index (χ1v) is 10.2. The summed E-state index contributed by atoms with van der Waals surface area (Å²) in [5, 5.41) is 13.1. The smallest absolute Gasteiger partial charge is 0.231 e. The number of ketones is 2. The first kappa shape index (κ1) is 19.5. The Morgan fingerprint density at radius 2 is 1.87 bits per heavy atom. The summed E-state index contributed by atoms with van der Waals surface area (Å²) in [6.45, 7) is 1.60. The monoisotopic (exact) mass is 419 g/mol. The topological polar surface area (TPSA) is 110 Å². The summed E-state index contributed by atoms with van der Waals surface area (Å²) in [6, 6.07) is 4.76. The molecule has 1 aromatic rings. The van der Waals surface area contributed by atoms with E-state index in [9.17, 15) is 24.3 Å². The van der Waals surface area contributed by atoms with Gasteiger partial charge in [0.2, 0.25) is 11.8 Å². The molecule has 2 amide bonds. The van der Waals surface area contributed by atoms with Gasteiger partial charge < -0.3 is 9.84 Å². The highest BCUT2D eigenvalue weighted by Gasteiger charge is 2.53. The minimum absolute atomic E-state index is 0.0280. The summed E-state index contributed by atoms with van der Waals surface area (Å²) < 4.78 is 5.32. The van der Waals surface area contributed by atoms with Crippen LogP contribution in [0.1, 0.15) is 31.2 Å². The van der Waals surface area contributed by atoms with Gasteiger partial charge in [-0.25, -0.2) is 0 Å². The van der Waals surface area contributed by atoms with Crippen molar-refractivity contribution in [2.75, 3.05) is 7.11 Å². The lowest BCUT2D eigenvalue weighted by atomic mass is 9.59. The molecule has 158 valence electrons. The first-order chi connectivity index (χ1) is 14.8. The number of carbonyl (C=O) groups is 4. The molecule has 0 spiro atoms. The van der Waals surface area contributed by atoms with Crippen LogP contribution < -0.4 is 10.1 Å². The van der Waals surface area contributed by atoms with Crippen molar-refractivity contribution >= 4 is 23.4 Å².